The molecule has 2 amide bonds. The van der Waals surface area contributed by atoms with Gasteiger partial charge >= 0.3 is 5.97 Å². The predicted molar refractivity (Wildman–Crippen MR) is 73.1 cm³/mol. The second-order valence-corrected chi connectivity index (χ2v) is 4.38. The van der Waals surface area contributed by atoms with E-state index in [1.807, 2.05) is 0 Å². The molecule has 20 heavy (non-hydrogen) atoms. The summed E-state index contributed by atoms with van der Waals surface area (Å²) in [4.78, 5) is 33.5. The fourth-order valence-corrected chi connectivity index (χ4v) is 1.58. The standard InChI is InChI=1S/C14H18N2O4/c1-3-12(14(19)20)16-13(18)11-6-4-10(5-7-11)8-15-9(2)17/h4-7,12H,3,8H2,1-2H3,(H,15,17)(H,16,18)(H,19,20)/t12-/m0/s1. The lowest BCUT2D eigenvalue weighted by Crippen LogP contribution is -2.40. The molecular weight excluding hydrogens is 260 g/mol. The minimum Gasteiger partial charge on any atom is -0.480 e. The van der Waals surface area contributed by atoms with E-state index in [0.717, 1.165) is 5.56 Å². The topological polar surface area (TPSA) is 95.5 Å². The van der Waals surface area contributed by atoms with Gasteiger partial charge in [-0.05, 0) is 24.1 Å². The fraction of sp³-hybridized carbons (Fsp3) is 0.357. The van der Waals surface area contributed by atoms with Crippen molar-refractivity contribution in [1.29, 1.82) is 0 Å². The number of nitrogens with one attached hydrogen (secondary N) is 2. The van der Waals surface area contributed by atoms with Crippen LogP contribution in [0.15, 0.2) is 24.3 Å². The molecule has 1 rings (SSSR count). The van der Waals surface area contributed by atoms with Crippen LogP contribution in [-0.2, 0) is 16.1 Å². The van der Waals surface area contributed by atoms with Crippen molar-refractivity contribution in [1.82, 2.24) is 10.6 Å². The Balaban J connectivity index is 2.65. The van der Waals surface area contributed by atoms with Crippen molar-refractivity contribution in [2.45, 2.75) is 32.9 Å². The zero-order valence-electron chi connectivity index (χ0n) is 11.5. The van der Waals surface area contributed by atoms with Crippen LogP contribution < -0.4 is 10.6 Å². The second-order valence-electron chi connectivity index (χ2n) is 4.38. The number of aliphatic carboxylic acids is 1. The van der Waals surface area contributed by atoms with E-state index in [1.165, 1.54) is 6.92 Å². The number of benzene rings is 1. The maximum Gasteiger partial charge on any atom is 0.326 e. The summed E-state index contributed by atoms with van der Waals surface area (Å²) in [6.45, 7) is 3.51. The van der Waals surface area contributed by atoms with Crippen LogP contribution in [0.3, 0.4) is 0 Å². The van der Waals surface area contributed by atoms with Gasteiger partial charge in [0.1, 0.15) is 6.04 Å². The number of carboxylic acids is 1. The SMILES string of the molecule is CC[C@H](NC(=O)c1ccc(CNC(C)=O)cc1)C(=O)O. The molecule has 0 saturated heterocycles. The van der Waals surface area contributed by atoms with Crippen molar-refractivity contribution in [3.05, 3.63) is 35.4 Å². The largest absolute Gasteiger partial charge is 0.480 e. The second kappa shape index (κ2) is 7.28. The summed E-state index contributed by atoms with van der Waals surface area (Å²) in [6.07, 6.45) is 0.321. The average Bonchev–Trinajstić information content (AvgIpc) is 2.42. The molecule has 1 atom stereocenters. The molecule has 3 N–H and O–H groups in total. The Morgan fingerprint density at radius 2 is 1.80 bits per heavy atom. The number of carbonyl (C=O) groups is 3. The molecule has 0 unspecified atom stereocenters. The fourth-order valence-electron chi connectivity index (χ4n) is 1.58. The number of hydrogen-bond acceptors (Lipinski definition) is 3. The normalized spacial score (nSPS) is 11.5. The molecule has 0 bridgehead atoms. The molecule has 0 aromatic heterocycles. The number of carboxylic acid groups (broad SMARTS) is 1. The summed E-state index contributed by atoms with van der Waals surface area (Å²) < 4.78 is 0. The first-order chi connectivity index (χ1) is 9.43. The summed E-state index contributed by atoms with van der Waals surface area (Å²) >= 11 is 0. The van der Waals surface area contributed by atoms with Crippen molar-refractivity contribution < 1.29 is 19.5 Å². The number of rotatable bonds is 6. The van der Waals surface area contributed by atoms with Crippen molar-refractivity contribution in [3.63, 3.8) is 0 Å². The Kier molecular flexibility index (Phi) is 5.71. The molecule has 0 aliphatic carbocycles. The van der Waals surface area contributed by atoms with Crippen molar-refractivity contribution in [2.24, 2.45) is 0 Å². The third-order valence-corrected chi connectivity index (χ3v) is 2.77. The molecule has 0 radical (unpaired) electrons. The van der Waals surface area contributed by atoms with Gasteiger partial charge in [-0.2, -0.15) is 0 Å². The Bertz CT molecular complexity index is 496. The summed E-state index contributed by atoms with van der Waals surface area (Å²) in [6, 6.07) is 5.74. The Morgan fingerprint density at radius 3 is 2.25 bits per heavy atom. The predicted octanol–water partition coefficient (Wildman–Crippen LogP) is 0.916. The lowest BCUT2D eigenvalue weighted by atomic mass is 10.1. The van der Waals surface area contributed by atoms with Crippen LogP contribution in [0.4, 0.5) is 0 Å². The molecule has 0 saturated carbocycles. The Morgan fingerprint density at radius 1 is 1.20 bits per heavy atom. The van der Waals surface area contributed by atoms with Gasteiger partial charge in [-0.1, -0.05) is 19.1 Å². The molecule has 1 aromatic carbocycles. The molecule has 6 heteroatoms. The van der Waals surface area contributed by atoms with E-state index in [4.69, 9.17) is 5.11 Å². The van der Waals surface area contributed by atoms with Gasteiger partial charge in [0.25, 0.3) is 5.91 Å². The van der Waals surface area contributed by atoms with E-state index < -0.39 is 17.9 Å². The smallest absolute Gasteiger partial charge is 0.326 e. The average molecular weight is 278 g/mol. The minimum absolute atomic E-state index is 0.126. The first-order valence-corrected chi connectivity index (χ1v) is 6.31. The van der Waals surface area contributed by atoms with Gasteiger partial charge in [-0.3, -0.25) is 9.59 Å². The highest BCUT2D eigenvalue weighted by molar-refractivity contribution is 5.96. The van der Waals surface area contributed by atoms with E-state index in [1.54, 1.807) is 31.2 Å². The van der Waals surface area contributed by atoms with Crippen LogP contribution in [0.2, 0.25) is 0 Å². The number of amides is 2. The molecule has 0 heterocycles. The third kappa shape index (κ3) is 4.72. The molecule has 0 aliphatic rings. The first kappa shape index (κ1) is 15.7. The third-order valence-electron chi connectivity index (χ3n) is 2.77. The molecule has 108 valence electrons. The van der Waals surface area contributed by atoms with Crippen LogP contribution in [0.5, 0.6) is 0 Å². The monoisotopic (exact) mass is 278 g/mol. The maximum atomic E-state index is 11.9. The summed E-state index contributed by atoms with van der Waals surface area (Å²) in [7, 11) is 0. The van der Waals surface area contributed by atoms with Gasteiger partial charge in [0.05, 0.1) is 0 Å². The zero-order chi connectivity index (χ0) is 15.1. The summed E-state index contributed by atoms with van der Waals surface area (Å²) in [5, 5.41) is 14.0. The quantitative estimate of drug-likeness (QED) is 0.721. The van der Waals surface area contributed by atoms with Crippen LogP contribution in [0, 0.1) is 0 Å². The molecule has 0 spiro atoms. The van der Waals surface area contributed by atoms with Crippen LogP contribution >= 0.6 is 0 Å². The van der Waals surface area contributed by atoms with E-state index >= 15 is 0 Å². The Hall–Kier alpha value is -2.37. The highest BCUT2D eigenvalue weighted by Crippen LogP contribution is 2.05. The summed E-state index contributed by atoms with van der Waals surface area (Å²) in [5.41, 5.74) is 1.25. The zero-order valence-corrected chi connectivity index (χ0v) is 11.5. The summed E-state index contributed by atoms with van der Waals surface area (Å²) in [5.74, 6) is -1.60. The molecule has 0 aliphatic heterocycles. The highest BCUT2D eigenvalue weighted by Gasteiger charge is 2.18. The Labute approximate surface area is 117 Å². The van der Waals surface area contributed by atoms with Gasteiger partial charge in [0.15, 0.2) is 0 Å². The van der Waals surface area contributed by atoms with E-state index in [-0.39, 0.29) is 5.91 Å². The van der Waals surface area contributed by atoms with Crippen molar-refractivity contribution in [3.8, 4) is 0 Å². The van der Waals surface area contributed by atoms with Gasteiger partial charge in [-0.25, -0.2) is 4.79 Å². The van der Waals surface area contributed by atoms with Crippen LogP contribution in [0.1, 0.15) is 36.2 Å². The lowest BCUT2D eigenvalue weighted by Gasteiger charge is -2.12. The molecule has 1 aromatic rings. The van der Waals surface area contributed by atoms with Gasteiger partial charge < -0.3 is 15.7 Å². The number of carbonyl (C=O) groups excluding carboxylic acids is 2. The highest BCUT2D eigenvalue weighted by atomic mass is 16.4. The first-order valence-electron chi connectivity index (χ1n) is 6.31. The van der Waals surface area contributed by atoms with Crippen molar-refractivity contribution in [2.75, 3.05) is 0 Å². The van der Waals surface area contributed by atoms with E-state index in [9.17, 15) is 14.4 Å². The van der Waals surface area contributed by atoms with Crippen LogP contribution in [-0.4, -0.2) is 28.9 Å². The van der Waals surface area contributed by atoms with Gasteiger partial charge in [0, 0.05) is 19.0 Å². The molecular formula is C14H18N2O4. The van der Waals surface area contributed by atoms with Crippen molar-refractivity contribution >= 4 is 17.8 Å². The van der Waals surface area contributed by atoms with Gasteiger partial charge in [-0.15, -0.1) is 0 Å². The molecule has 0 fully saturated rings. The number of hydrogen-bond donors (Lipinski definition) is 3. The van der Waals surface area contributed by atoms with E-state index in [2.05, 4.69) is 10.6 Å². The van der Waals surface area contributed by atoms with E-state index in [0.29, 0.717) is 18.5 Å². The maximum absolute atomic E-state index is 11.9. The molecule has 6 nitrogen and oxygen atoms in total. The lowest BCUT2D eigenvalue weighted by molar-refractivity contribution is -0.139. The van der Waals surface area contributed by atoms with Crippen LogP contribution in [0.25, 0.3) is 0 Å². The van der Waals surface area contributed by atoms with Gasteiger partial charge in [0.2, 0.25) is 5.91 Å². The minimum atomic E-state index is -1.05.